The second-order valence-corrected chi connectivity index (χ2v) is 1.52. The van der Waals surface area contributed by atoms with Gasteiger partial charge in [-0.15, -0.1) is 0 Å². The fraction of sp³-hybridized carbons (Fsp3) is 0.429. The first-order valence-electron chi connectivity index (χ1n) is 2.53. The lowest BCUT2D eigenvalue weighted by molar-refractivity contribution is 1.20. The number of allylic oxidation sites excluding steroid dienone is 3. The van der Waals surface area contributed by atoms with Crippen LogP contribution in [0.15, 0.2) is 17.7 Å². The largest absolute Gasteiger partial charge is 0.0819 e. The van der Waals surface area contributed by atoms with Gasteiger partial charge in [0.25, 0.3) is 0 Å². The summed E-state index contributed by atoms with van der Waals surface area (Å²) in [6.07, 6.45) is 4.77. The first-order valence-corrected chi connectivity index (χ1v) is 2.53. The van der Waals surface area contributed by atoms with E-state index in [0.29, 0.717) is 0 Å². The zero-order chi connectivity index (χ0) is 5.70. The van der Waals surface area contributed by atoms with Crippen molar-refractivity contribution in [2.75, 3.05) is 0 Å². The molecule has 0 unspecified atom stereocenters. The molecule has 0 aliphatic heterocycles. The Hall–Kier alpha value is -0.520. The number of hydrogen-bond donors (Lipinski definition) is 0. The lowest BCUT2D eigenvalue weighted by atomic mass is 10.2. The molecule has 0 N–H and O–H groups in total. The molecule has 0 saturated carbocycles. The summed E-state index contributed by atoms with van der Waals surface area (Å²) in [6.45, 7) is 9.24. The highest BCUT2D eigenvalue weighted by Crippen LogP contribution is 1.92. The second kappa shape index (κ2) is 3.66. The molecule has 0 fully saturated rings. The van der Waals surface area contributed by atoms with E-state index in [1.54, 1.807) is 6.08 Å². The van der Waals surface area contributed by atoms with Crippen LogP contribution in [0.4, 0.5) is 0 Å². The van der Waals surface area contributed by atoms with Gasteiger partial charge in [0.05, 0.1) is 0 Å². The van der Waals surface area contributed by atoms with Crippen LogP contribution in [0.3, 0.4) is 0 Å². The Morgan fingerprint density at radius 2 is 2.29 bits per heavy atom. The Morgan fingerprint density at radius 3 is 2.43 bits per heavy atom. The van der Waals surface area contributed by atoms with E-state index in [1.807, 2.05) is 6.92 Å². The van der Waals surface area contributed by atoms with Gasteiger partial charge in [0.2, 0.25) is 0 Å². The van der Waals surface area contributed by atoms with E-state index < -0.39 is 0 Å². The molecule has 0 atom stereocenters. The highest BCUT2D eigenvalue weighted by atomic mass is 13.8. The van der Waals surface area contributed by atoms with Crippen LogP contribution < -0.4 is 0 Å². The van der Waals surface area contributed by atoms with Gasteiger partial charge in [-0.2, -0.15) is 0 Å². The Labute approximate surface area is 45.5 Å². The Morgan fingerprint density at radius 1 is 1.71 bits per heavy atom. The molecular weight excluding hydrogens is 84.1 g/mol. The Kier molecular flexibility index (Phi) is 3.39. The molecule has 7 heavy (non-hydrogen) atoms. The van der Waals surface area contributed by atoms with E-state index >= 15 is 0 Å². The third-order valence-electron chi connectivity index (χ3n) is 0.789. The zero-order valence-electron chi connectivity index (χ0n) is 4.94. The summed E-state index contributed by atoms with van der Waals surface area (Å²) < 4.78 is 0. The average Bonchev–Trinajstić information content (AvgIpc) is 1.68. The molecule has 0 aliphatic rings. The highest BCUT2D eigenvalue weighted by molar-refractivity contribution is 5.10. The van der Waals surface area contributed by atoms with E-state index in [0.717, 1.165) is 12.0 Å². The maximum Gasteiger partial charge on any atom is -0.0374 e. The molecule has 1 radical (unpaired) electrons. The number of hydrogen-bond acceptors (Lipinski definition) is 0. The highest BCUT2D eigenvalue weighted by Gasteiger charge is 1.72. The van der Waals surface area contributed by atoms with Crippen LogP contribution in [-0.2, 0) is 0 Å². The summed E-state index contributed by atoms with van der Waals surface area (Å²) >= 11 is 0. The Bertz CT molecular complexity index is 78.0. The molecule has 0 spiro atoms. The van der Waals surface area contributed by atoms with Crippen LogP contribution in [-0.4, -0.2) is 0 Å². The van der Waals surface area contributed by atoms with Gasteiger partial charge in [-0.05, 0) is 13.3 Å². The van der Waals surface area contributed by atoms with Crippen molar-refractivity contribution in [2.24, 2.45) is 0 Å². The normalized spacial score (nSPS) is 11.4. The fourth-order valence-electron chi connectivity index (χ4n) is 0.390. The molecule has 0 amide bonds. The summed E-state index contributed by atoms with van der Waals surface area (Å²) in [6, 6.07) is 0. The average molecular weight is 95.2 g/mol. The standard InChI is InChI=1S/C7H11/c1-4-6-7(3)5-2/h2,5-6H,4H2,1,3H3. The third kappa shape index (κ3) is 3.31. The van der Waals surface area contributed by atoms with E-state index in [9.17, 15) is 0 Å². The minimum Gasteiger partial charge on any atom is -0.0819 e. The molecule has 0 aliphatic carbocycles. The second-order valence-electron chi connectivity index (χ2n) is 1.52. The van der Waals surface area contributed by atoms with Crippen LogP contribution >= 0.6 is 0 Å². The fourth-order valence-corrected chi connectivity index (χ4v) is 0.390. The van der Waals surface area contributed by atoms with Crippen molar-refractivity contribution in [3.05, 3.63) is 24.3 Å². The van der Waals surface area contributed by atoms with Crippen molar-refractivity contribution in [2.45, 2.75) is 20.3 Å². The summed E-state index contributed by atoms with van der Waals surface area (Å²) in [5.74, 6) is 0. The van der Waals surface area contributed by atoms with Crippen molar-refractivity contribution in [3.8, 4) is 0 Å². The lowest BCUT2D eigenvalue weighted by Gasteiger charge is -1.83. The van der Waals surface area contributed by atoms with Crippen molar-refractivity contribution in [1.82, 2.24) is 0 Å². The van der Waals surface area contributed by atoms with Gasteiger partial charge in [-0.1, -0.05) is 31.2 Å². The molecule has 0 rings (SSSR count). The van der Waals surface area contributed by atoms with E-state index in [-0.39, 0.29) is 0 Å². The molecule has 0 aromatic carbocycles. The topological polar surface area (TPSA) is 0 Å². The minimum atomic E-state index is 1.07. The maximum absolute atomic E-state index is 5.16. The first kappa shape index (κ1) is 6.48. The molecule has 0 saturated heterocycles. The van der Waals surface area contributed by atoms with Gasteiger partial charge < -0.3 is 0 Å². The molecule has 0 aromatic heterocycles. The van der Waals surface area contributed by atoms with Gasteiger partial charge >= 0.3 is 0 Å². The minimum absolute atomic E-state index is 1.07. The van der Waals surface area contributed by atoms with Gasteiger partial charge in [0, 0.05) is 0 Å². The van der Waals surface area contributed by atoms with Crippen molar-refractivity contribution in [1.29, 1.82) is 0 Å². The van der Waals surface area contributed by atoms with Gasteiger partial charge in [-0.3, -0.25) is 0 Å². The zero-order valence-corrected chi connectivity index (χ0v) is 4.94. The summed E-state index contributed by atoms with van der Waals surface area (Å²) in [7, 11) is 0. The van der Waals surface area contributed by atoms with E-state index in [1.165, 1.54) is 0 Å². The van der Waals surface area contributed by atoms with Crippen molar-refractivity contribution < 1.29 is 0 Å². The first-order chi connectivity index (χ1) is 3.31. The summed E-state index contributed by atoms with van der Waals surface area (Å²) in [5, 5.41) is 0. The van der Waals surface area contributed by atoms with Gasteiger partial charge in [-0.25, -0.2) is 0 Å². The van der Waals surface area contributed by atoms with Crippen LogP contribution in [0.25, 0.3) is 0 Å². The Balaban J connectivity index is 3.49. The van der Waals surface area contributed by atoms with Crippen LogP contribution in [0.2, 0.25) is 0 Å². The predicted molar refractivity (Wildman–Crippen MR) is 32.9 cm³/mol. The van der Waals surface area contributed by atoms with Crippen molar-refractivity contribution in [3.63, 3.8) is 0 Å². The SMILES string of the molecule is [CH]=CC(C)=CCC. The van der Waals surface area contributed by atoms with E-state index in [2.05, 4.69) is 13.0 Å². The van der Waals surface area contributed by atoms with Gasteiger partial charge in [0.1, 0.15) is 0 Å². The van der Waals surface area contributed by atoms with Crippen LogP contribution in [0.1, 0.15) is 20.3 Å². The van der Waals surface area contributed by atoms with Crippen molar-refractivity contribution >= 4 is 0 Å². The molecular formula is C7H11. The molecule has 0 nitrogen and oxygen atoms in total. The van der Waals surface area contributed by atoms with Crippen LogP contribution in [0.5, 0.6) is 0 Å². The van der Waals surface area contributed by atoms with Gasteiger partial charge in [0.15, 0.2) is 0 Å². The molecule has 0 aromatic rings. The summed E-state index contributed by atoms with van der Waals surface area (Å²) in [4.78, 5) is 0. The monoisotopic (exact) mass is 95.1 g/mol. The molecule has 39 valence electrons. The lowest BCUT2D eigenvalue weighted by Crippen LogP contribution is -1.62. The predicted octanol–water partition coefficient (Wildman–Crippen LogP) is 2.33. The molecule has 0 heterocycles. The molecule has 0 bridgehead atoms. The van der Waals surface area contributed by atoms with E-state index in [4.69, 9.17) is 6.58 Å². The summed E-state index contributed by atoms with van der Waals surface area (Å²) in [5.41, 5.74) is 1.16. The quantitative estimate of drug-likeness (QED) is 0.462. The van der Waals surface area contributed by atoms with Crippen LogP contribution in [0, 0.1) is 6.58 Å². The third-order valence-corrected chi connectivity index (χ3v) is 0.789. The molecule has 0 heteroatoms. The smallest absolute Gasteiger partial charge is 0.0374 e. The number of rotatable bonds is 2. The maximum atomic E-state index is 5.16.